The van der Waals surface area contributed by atoms with Crippen LogP contribution in [-0.2, 0) is 18.0 Å². The molecule has 0 aliphatic rings. The molecule has 9 heteroatoms. The van der Waals surface area contributed by atoms with E-state index in [9.17, 15) is 9.13 Å². The van der Waals surface area contributed by atoms with Crippen molar-refractivity contribution in [1.29, 1.82) is 0 Å². The molecule has 3 N–H and O–H groups in total. The van der Waals surface area contributed by atoms with Gasteiger partial charge in [-0.25, -0.2) is 9.13 Å². The summed E-state index contributed by atoms with van der Waals surface area (Å²) < 4.78 is 29.8. The maximum absolute atomic E-state index is 11.2. The van der Waals surface area contributed by atoms with Crippen molar-refractivity contribution in [2.24, 2.45) is 0 Å². The summed E-state index contributed by atoms with van der Waals surface area (Å²) in [4.78, 5) is 26.0. The lowest BCUT2D eigenvalue weighted by atomic mass is 10.1. The summed E-state index contributed by atoms with van der Waals surface area (Å²) in [6.45, 7) is 5.69. The van der Waals surface area contributed by atoms with E-state index in [1.165, 1.54) is 5.57 Å². The molecule has 0 heterocycles. The number of allylic oxidation sites excluding steroid dienone is 5. The second kappa shape index (κ2) is 11.1. The lowest BCUT2D eigenvalue weighted by Gasteiger charge is -2.11. The van der Waals surface area contributed by atoms with Gasteiger partial charge >= 0.3 is 15.6 Å². The third kappa shape index (κ3) is 14.8. The van der Waals surface area contributed by atoms with Crippen molar-refractivity contribution in [2.75, 3.05) is 6.61 Å². The fourth-order valence-corrected chi connectivity index (χ4v) is 3.07. The van der Waals surface area contributed by atoms with Crippen LogP contribution >= 0.6 is 15.6 Å². The molecule has 1 atom stereocenters. The summed E-state index contributed by atoms with van der Waals surface area (Å²) in [7, 11) is -9.83. The Balaban J connectivity index is 4.23. The zero-order valence-corrected chi connectivity index (χ0v) is 15.5. The Morgan fingerprint density at radius 1 is 1.04 bits per heavy atom. The third-order valence-corrected chi connectivity index (χ3v) is 4.91. The molecule has 0 aliphatic heterocycles. The Morgan fingerprint density at radius 3 is 2.26 bits per heavy atom. The molecular weight excluding hydrogens is 342 g/mol. The third-order valence-electron chi connectivity index (χ3n) is 2.76. The first-order valence-corrected chi connectivity index (χ1v) is 10.3. The van der Waals surface area contributed by atoms with Crippen LogP contribution in [0, 0.1) is 0 Å². The number of phosphoric ester groups is 1. The van der Waals surface area contributed by atoms with Gasteiger partial charge in [-0.15, -0.1) is 0 Å². The SMILES string of the molecule is CC/C=C/CC/C(C)=C/C/C(C)=C/COP(=O)(O)OP(=O)(O)O. The number of rotatable bonds is 11. The summed E-state index contributed by atoms with van der Waals surface area (Å²) in [6.07, 6.45) is 11.6. The standard InChI is InChI=1S/C14H26O7P2/c1-4-5-6-7-8-13(2)9-10-14(3)11-12-20-23(18,19)21-22(15,16)17/h5-6,9,11H,4,7-8,10,12H2,1-3H3,(H,18,19)(H2,15,16,17)/b6-5+,13-9+,14-11+. The van der Waals surface area contributed by atoms with Crippen LogP contribution in [-0.4, -0.2) is 21.3 Å². The summed E-state index contributed by atoms with van der Waals surface area (Å²) >= 11 is 0. The van der Waals surface area contributed by atoms with Crippen molar-refractivity contribution in [2.45, 2.75) is 46.5 Å². The molecule has 0 aromatic rings. The molecule has 0 saturated heterocycles. The largest absolute Gasteiger partial charge is 0.481 e. The van der Waals surface area contributed by atoms with E-state index in [0.717, 1.165) is 24.8 Å². The van der Waals surface area contributed by atoms with Gasteiger partial charge in [0.1, 0.15) is 0 Å². The minimum atomic E-state index is -5.07. The molecule has 134 valence electrons. The molecule has 0 aromatic heterocycles. The molecule has 1 unspecified atom stereocenters. The van der Waals surface area contributed by atoms with Crippen molar-refractivity contribution in [1.82, 2.24) is 0 Å². The molecule has 7 nitrogen and oxygen atoms in total. The van der Waals surface area contributed by atoms with E-state index >= 15 is 0 Å². The molecule has 0 amide bonds. The van der Waals surface area contributed by atoms with Gasteiger partial charge in [0.15, 0.2) is 0 Å². The Bertz CT molecular complexity index is 531. The maximum atomic E-state index is 11.2. The van der Waals surface area contributed by atoms with Crippen LogP contribution in [0.5, 0.6) is 0 Å². The normalized spacial score (nSPS) is 16.8. The second-order valence-electron chi connectivity index (χ2n) is 5.06. The van der Waals surface area contributed by atoms with Crippen LogP contribution < -0.4 is 0 Å². The Labute approximate surface area is 137 Å². The van der Waals surface area contributed by atoms with Crippen molar-refractivity contribution in [3.63, 3.8) is 0 Å². The van der Waals surface area contributed by atoms with Gasteiger partial charge in [-0.3, -0.25) is 4.52 Å². The lowest BCUT2D eigenvalue weighted by molar-refractivity contribution is 0.191. The molecule has 0 spiro atoms. The number of hydrogen-bond acceptors (Lipinski definition) is 4. The predicted molar refractivity (Wildman–Crippen MR) is 89.7 cm³/mol. The first kappa shape index (κ1) is 22.5. The van der Waals surface area contributed by atoms with Crippen LogP contribution in [0.2, 0.25) is 0 Å². The second-order valence-corrected chi connectivity index (χ2v) is 7.89. The van der Waals surface area contributed by atoms with Crippen LogP contribution in [0.25, 0.3) is 0 Å². The number of hydrogen-bond donors (Lipinski definition) is 3. The predicted octanol–water partition coefficient (Wildman–Crippen LogP) is 4.24. The summed E-state index contributed by atoms with van der Waals surface area (Å²) in [5.41, 5.74) is 2.15. The van der Waals surface area contributed by atoms with Gasteiger partial charge < -0.3 is 14.7 Å². The molecule has 0 aliphatic carbocycles. The first-order chi connectivity index (χ1) is 10.6. The minimum Gasteiger partial charge on any atom is -0.302 e. The fourth-order valence-electron chi connectivity index (χ4n) is 1.55. The van der Waals surface area contributed by atoms with Crippen molar-refractivity contribution >= 4 is 15.6 Å². The first-order valence-electron chi connectivity index (χ1n) is 7.26. The van der Waals surface area contributed by atoms with Gasteiger partial charge in [-0.05, 0) is 39.5 Å². The smallest absolute Gasteiger partial charge is 0.302 e. The van der Waals surface area contributed by atoms with E-state index in [1.807, 2.05) is 13.8 Å². The van der Waals surface area contributed by atoms with E-state index < -0.39 is 15.6 Å². The molecule has 0 saturated carbocycles. The van der Waals surface area contributed by atoms with E-state index in [4.69, 9.17) is 14.7 Å². The average Bonchev–Trinajstić information content (AvgIpc) is 2.38. The highest BCUT2D eigenvalue weighted by molar-refractivity contribution is 7.60. The van der Waals surface area contributed by atoms with E-state index in [1.54, 1.807) is 6.08 Å². The van der Waals surface area contributed by atoms with Gasteiger partial charge in [-0.1, -0.05) is 42.4 Å². The van der Waals surface area contributed by atoms with E-state index in [0.29, 0.717) is 6.42 Å². The highest BCUT2D eigenvalue weighted by Crippen LogP contribution is 2.57. The monoisotopic (exact) mass is 368 g/mol. The Hall–Kier alpha value is -0.520. The summed E-state index contributed by atoms with van der Waals surface area (Å²) in [6, 6.07) is 0. The topological polar surface area (TPSA) is 113 Å². The van der Waals surface area contributed by atoms with Crippen LogP contribution in [0.15, 0.2) is 35.5 Å². The van der Waals surface area contributed by atoms with Crippen molar-refractivity contribution in [3.8, 4) is 0 Å². The van der Waals surface area contributed by atoms with Crippen molar-refractivity contribution < 1.29 is 32.6 Å². The zero-order chi connectivity index (χ0) is 17.9. The van der Waals surface area contributed by atoms with Crippen LogP contribution in [0.3, 0.4) is 0 Å². The van der Waals surface area contributed by atoms with Gasteiger partial charge in [-0.2, -0.15) is 4.31 Å². The molecule has 0 bridgehead atoms. The average molecular weight is 368 g/mol. The molecule has 0 radical (unpaired) electrons. The molecule has 0 aromatic carbocycles. The molecule has 23 heavy (non-hydrogen) atoms. The minimum absolute atomic E-state index is 0.272. The van der Waals surface area contributed by atoms with Crippen LogP contribution in [0.4, 0.5) is 0 Å². The van der Waals surface area contributed by atoms with Crippen LogP contribution in [0.1, 0.15) is 46.5 Å². The van der Waals surface area contributed by atoms with E-state index in [-0.39, 0.29) is 6.61 Å². The van der Waals surface area contributed by atoms with Gasteiger partial charge in [0.25, 0.3) is 0 Å². The lowest BCUT2D eigenvalue weighted by Crippen LogP contribution is -1.94. The quantitative estimate of drug-likeness (QED) is 0.369. The molecule has 0 fully saturated rings. The number of phosphoric acid groups is 2. The fraction of sp³-hybridized carbons (Fsp3) is 0.571. The highest BCUT2D eigenvalue weighted by atomic mass is 31.3. The van der Waals surface area contributed by atoms with E-state index in [2.05, 4.69) is 34.0 Å². The van der Waals surface area contributed by atoms with Gasteiger partial charge in [0.2, 0.25) is 0 Å². The van der Waals surface area contributed by atoms with Crippen molar-refractivity contribution in [3.05, 3.63) is 35.5 Å². The summed E-state index contributed by atoms with van der Waals surface area (Å²) in [5, 5.41) is 0. The zero-order valence-electron chi connectivity index (χ0n) is 13.7. The molecular formula is C14H26O7P2. The summed E-state index contributed by atoms with van der Waals surface area (Å²) in [5.74, 6) is 0. The Kier molecular flexibility index (Phi) is 10.9. The highest BCUT2D eigenvalue weighted by Gasteiger charge is 2.31. The maximum Gasteiger partial charge on any atom is 0.481 e. The van der Waals surface area contributed by atoms with Gasteiger partial charge in [0.05, 0.1) is 6.61 Å². The molecule has 0 rings (SSSR count). The Morgan fingerprint density at radius 2 is 1.70 bits per heavy atom. The van der Waals surface area contributed by atoms with Gasteiger partial charge in [0, 0.05) is 0 Å².